The first-order valence-corrected chi connectivity index (χ1v) is 12.0. The number of hydrogen-bond donors (Lipinski definition) is 0. The predicted molar refractivity (Wildman–Crippen MR) is 148 cm³/mol. The molecule has 0 aliphatic carbocycles. The Balaban J connectivity index is 1.67. The number of aliphatic imine (C=N–C) groups is 4. The van der Waals surface area contributed by atoms with Gasteiger partial charge < -0.3 is 18.9 Å². The van der Waals surface area contributed by atoms with E-state index in [4.69, 9.17) is 38.9 Å². The van der Waals surface area contributed by atoms with E-state index in [1.807, 2.05) is 72.9 Å². The highest BCUT2D eigenvalue weighted by Crippen LogP contribution is 2.39. The average Bonchev–Trinajstić information content (AvgIpc) is 3.71. The third-order valence-electron chi connectivity index (χ3n) is 6.36. The minimum absolute atomic E-state index is 0.390. The van der Waals surface area contributed by atoms with Crippen molar-refractivity contribution in [3.8, 4) is 0 Å². The number of methoxy groups -OCH3 is 4. The average molecular weight is 505 g/mol. The molecule has 0 saturated heterocycles. The van der Waals surface area contributed by atoms with Crippen LogP contribution in [0.4, 0.5) is 0 Å². The van der Waals surface area contributed by atoms with Gasteiger partial charge in [-0.2, -0.15) is 0 Å². The second-order valence-electron chi connectivity index (χ2n) is 8.59. The van der Waals surface area contributed by atoms with Crippen LogP contribution in [0.25, 0.3) is 5.57 Å². The maximum atomic E-state index is 5.97. The molecule has 0 fully saturated rings. The van der Waals surface area contributed by atoms with E-state index in [0.717, 1.165) is 34.0 Å². The molecule has 5 aliphatic heterocycles. The Bertz CT molecular complexity index is 1620. The highest BCUT2D eigenvalue weighted by atomic mass is 16.5. The first kappa shape index (κ1) is 23.4. The zero-order valence-corrected chi connectivity index (χ0v) is 21.4. The largest absolute Gasteiger partial charge is 0.494 e. The molecule has 5 heterocycles. The number of nitrogens with zero attached hydrogens (tertiary/aromatic N) is 4. The molecule has 1 aromatic carbocycles. The lowest BCUT2D eigenvalue weighted by Gasteiger charge is -2.13. The Morgan fingerprint density at radius 3 is 1.84 bits per heavy atom. The van der Waals surface area contributed by atoms with Gasteiger partial charge in [-0.3, -0.25) is 0 Å². The van der Waals surface area contributed by atoms with E-state index in [1.165, 1.54) is 0 Å². The summed E-state index contributed by atoms with van der Waals surface area (Å²) >= 11 is 0. The van der Waals surface area contributed by atoms with Crippen molar-refractivity contribution >= 4 is 28.4 Å². The third-order valence-corrected chi connectivity index (χ3v) is 6.36. The second kappa shape index (κ2) is 9.48. The van der Waals surface area contributed by atoms with Crippen LogP contribution in [0.1, 0.15) is 5.56 Å². The van der Waals surface area contributed by atoms with Gasteiger partial charge in [0.1, 0.15) is 5.70 Å². The number of fused-ring (bicyclic) bond motifs is 4. The standard InChI is InChI=1S/C30H24N4O4/c1-35-27-23-16-21-13-11-19(32-21)14-18-10-12-20(31-18)15-22-24(17-8-6-5-7-9-17)28(36-2)25(33-22)29(37-3)26(34-23)30(27)38-4/h5-16H,1-4H3. The van der Waals surface area contributed by atoms with Crippen LogP contribution in [-0.2, 0) is 18.9 Å². The number of benzene rings is 1. The molecular weight excluding hydrogens is 480 g/mol. The first-order valence-electron chi connectivity index (χ1n) is 12.0. The SMILES string of the molecule is COC1=C2N=C(C=C3C=CC(=N3)C=C3C=CC(=N3)C=C3N=C1C(OC)=C3OC)C(c1ccccc1)=C2OC. The molecule has 38 heavy (non-hydrogen) atoms. The number of allylic oxidation sites excluding steroid dienone is 8. The quantitative estimate of drug-likeness (QED) is 0.565. The van der Waals surface area contributed by atoms with Gasteiger partial charge in [-0.25, -0.2) is 20.0 Å². The molecule has 188 valence electrons. The van der Waals surface area contributed by atoms with Gasteiger partial charge in [0.15, 0.2) is 34.4 Å². The van der Waals surface area contributed by atoms with Gasteiger partial charge in [0.25, 0.3) is 0 Å². The highest BCUT2D eigenvalue weighted by molar-refractivity contribution is 6.33. The van der Waals surface area contributed by atoms with Gasteiger partial charge in [-0.1, -0.05) is 30.3 Å². The second-order valence-corrected chi connectivity index (χ2v) is 8.59. The summed E-state index contributed by atoms with van der Waals surface area (Å²) in [5, 5.41) is 0. The monoisotopic (exact) mass is 504 g/mol. The number of rotatable bonds is 5. The number of ether oxygens (including phenoxy) is 4. The molecule has 0 spiro atoms. The molecule has 0 amide bonds. The topological polar surface area (TPSA) is 86.4 Å². The summed E-state index contributed by atoms with van der Waals surface area (Å²) in [5.41, 5.74) is 7.02. The molecule has 8 nitrogen and oxygen atoms in total. The fraction of sp³-hybridized carbons (Fsp3) is 0.133. The Labute approximate surface area is 220 Å². The highest BCUT2D eigenvalue weighted by Gasteiger charge is 2.36. The van der Waals surface area contributed by atoms with Crippen molar-refractivity contribution < 1.29 is 18.9 Å². The summed E-state index contributed by atoms with van der Waals surface area (Å²) in [7, 11) is 6.34. The van der Waals surface area contributed by atoms with Crippen molar-refractivity contribution in [3.63, 3.8) is 0 Å². The van der Waals surface area contributed by atoms with Crippen molar-refractivity contribution in [3.05, 3.63) is 124 Å². The van der Waals surface area contributed by atoms with E-state index in [0.29, 0.717) is 45.9 Å². The smallest absolute Gasteiger partial charge is 0.192 e. The van der Waals surface area contributed by atoms with Crippen molar-refractivity contribution in [2.45, 2.75) is 0 Å². The lowest BCUT2D eigenvalue weighted by molar-refractivity contribution is 0.243. The molecule has 0 atom stereocenters. The Hall–Kier alpha value is -4.98. The Morgan fingerprint density at radius 1 is 0.553 bits per heavy atom. The normalized spacial score (nSPS) is 19.6. The number of hydrogen-bond acceptors (Lipinski definition) is 8. The van der Waals surface area contributed by atoms with E-state index in [1.54, 1.807) is 28.4 Å². The van der Waals surface area contributed by atoms with Crippen LogP contribution in [0, 0.1) is 0 Å². The molecule has 8 bridgehead atoms. The molecule has 5 aliphatic rings. The van der Waals surface area contributed by atoms with Crippen molar-refractivity contribution in [2.75, 3.05) is 28.4 Å². The van der Waals surface area contributed by atoms with Gasteiger partial charge in [0, 0.05) is 0 Å². The van der Waals surface area contributed by atoms with Gasteiger partial charge >= 0.3 is 0 Å². The van der Waals surface area contributed by atoms with Gasteiger partial charge in [-0.05, 0) is 48.1 Å². The fourth-order valence-electron chi connectivity index (χ4n) is 4.73. The molecule has 6 rings (SSSR count). The molecule has 0 saturated carbocycles. The summed E-state index contributed by atoms with van der Waals surface area (Å²) in [4.78, 5) is 19.3. The zero-order valence-electron chi connectivity index (χ0n) is 21.4. The van der Waals surface area contributed by atoms with Crippen LogP contribution in [0.15, 0.2) is 139 Å². The molecule has 0 radical (unpaired) electrons. The molecule has 0 N–H and O–H groups in total. The van der Waals surface area contributed by atoms with Crippen LogP contribution in [-0.4, -0.2) is 51.3 Å². The molecular formula is C30H24N4O4. The summed E-state index contributed by atoms with van der Waals surface area (Å²) in [5.74, 6) is 1.84. The Kier molecular flexibility index (Phi) is 5.84. The lowest BCUT2D eigenvalue weighted by atomic mass is 9.99. The fourth-order valence-corrected chi connectivity index (χ4v) is 4.73. The van der Waals surface area contributed by atoms with E-state index in [-0.39, 0.29) is 0 Å². The zero-order chi connectivity index (χ0) is 26.2. The predicted octanol–water partition coefficient (Wildman–Crippen LogP) is 5.00. The Morgan fingerprint density at radius 2 is 1.18 bits per heavy atom. The summed E-state index contributed by atoms with van der Waals surface area (Å²) in [6, 6.07) is 9.96. The van der Waals surface area contributed by atoms with Crippen molar-refractivity contribution in [2.24, 2.45) is 20.0 Å². The molecule has 0 aromatic heterocycles. The first-order chi connectivity index (χ1) is 18.6. The van der Waals surface area contributed by atoms with Crippen molar-refractivity contribution in [1.29, 1.82) is 0 Å². The third kappa shape index (κ3) is 3.87. The van der Waals surface area contributed by atoms with Gasteiger partial charge in [0.2, 0.25) is 0 Å². The van der Waals surface area contributed by atoms with Crippen molar-refractivity contribution in [1.82, 2.24) is 0 Å². The van der Waals surface area contributed by atoms with Gasteiger partial charge in [0.05, 0.1) is 62.5 Å². The maximum absolute atomic E-state index is 5.97. The van der Waals surface area contributed by atoms with Gasteiger partial charge in [-0.15, -0.1) is 0 Å². The lowest BCUT2D eigenvalue weighted by Crippen LogP contribution is -2.12. The molecule has 1 aromatic rings. The van der Waals surface area contributed by atoms with Crippen LogP contribution < -0.4 is 0 Å². The summed E-state index contributed by atoms with van der Waals surface area (Å²) in [6.07, 6.45) is 13.5. The minimum atomic E-state index is 0.390. The van der Waals surface area contributed by atoms with Crippen LogP contribution in [0.3, 0.4) is 0 Å². The van der Waals surface area contributed by atoms with E-state index in [2.05, 4.69) is 0 Å². The van der Waals surface area contributed by atoms with Crippen LogP contribution in [0.5, 0.6) is 0 Å². The van der Waals surface area contributed by atoms with E-state index in [9.17, 15) is 0 Å². The molecule has 0 unspecified atom stereocenters. The van der Waals surface area contributed by atoms with E-state index < -0.39 is 0 Å². The van der Waals surface area contributed by atoms with Crippen LogP contribution >= 0.6 is 0 Å². The summed E-state index contributed by atoms with van der Waals surface area (Å²) < 4.78 is 23.4. The minimum Gasteiger partial charge on any atom is -0.494 e. The maximum Gasteiger partial charge on any atom is 0.192 e. The van der Waals surface area contributed by atoms with E-state index >= 15 is 0 Å². The molecule has 8 heteroatoms. The summed E-state index contributed by atoms with van der Waals surface area (Å²) in [6.45, 7) is 0. The van der Waals surface area contributed by atoms with Crippen LogP contribution in [0.2, 0.25) is 0 Å².